The summed E-state index contributed by atoms with van der Waals surface area (Å²) in [7, 11) is 0. The molecular weight excluding hydrogens is 398 g/mol. The van der Waals surface area contributed by atoms with Crippen LogP contribution in [0.1, 0.15) is 23.9 Å². The van der Waals surface area contributed by atoms with Crippen LogP contribution in [0.2, 0.25) is 0 Å². The molecule has 3 aromatic heterocycles. The number of aromatic nitrogens is 6. The molecule has 0 radical (unpaired) electrons. The first-order chi connectivity index (χ1) is 14.2. The molecular formula is C16H19N9O5. The number of rotatable bonds is 8. The van der Waals surface area contributed by atoms with E-state index in [1.807, 2.05) is 18.5 Å². The molecule has 1 N–H and O–H groups in total. The van der Waals surface area contributed by atoms with Gasteiger partial charge in [-0.2, -0.15) is 14.9 Å². The second-order valence-corrected chi connectivity index (χ2v) is 6.48. The van der Waals surface area contributed by atoms with Gasteiger partial charge in [-0.1, -0.05) is 0 Å². The van der Waals surface area contributed by atoms with Crippen LogP contribution in [-0.2, 0) is 24.4 Å². The zero-order valence-electron chi connectivity index (χ0n) is 16.5. The van der Waals surface area contributed by atoms with Gasteiger partial charge in [-0.05, 0) is 25.7 Å². The van der Waals surface area contributed by atoms with E-state index in [-0.39, 0.29) is 5.69 Å². The molecule has 14 heteroatoms. The molecule has 0 spiro atoms. The van der Waals surface area contributed by atoms with E-state index in [4.69, 9.17) is 0 Å². The van der Waals surface area contributed by atoms with E-state index in [2.05, 4.69) is 20.6 Å². The maximum atomic E-state index is 12.3. The van der Waals surface area contributed by atoms with Crippen LogP contribution in [0.5, 0.6) is 0 Å². The van der Waals surface area contributed by atoms with Crippen molar-refractivity contribution >= 4 is 23.1 Å². The number of nitrogens with zero attached hydrogens (tertiary/aromatic N) is 8. The normalized spacial score (nSPS) is 10.9. The van der Waals surface area contributed by atoms with Crippen LogP contribution in [0.3, 0.4) is 0 Å². The van der Waals surface area contributed by atoms with Crippen molar-refractivity contribution in [1.29, 1.82) is 0 Å². The number of nitro groups is 2. The number of nitrogens with one attached hydrogen (secondary N) is 1. The fraction of sp³-hybridized carbons (Fsp3) is 0.375. The minimum atomic E-state index is -0.952. The largest absolute Gasteiger partial charge is 0.468 e. The lowest BCUT2D eigenvalue weighted by atomic mass is 10.2. The summed E-state index contributed by atoms with van der Waals surface area (Å²) >= 11 is 0. The first-order valence-electron chi connectivity index (χ1n) is 8.91. The summed E-state index contributed by atoms with van der Waals surface area (Å²) in [6, 6.07) is 0. The number of anilines is 1. The van der Waals surface area contributed by atoms with Crippen molar-refractivity contribution in [2.45, 2.75) is 40.4 Å². The van der Waals surface area contributed by atoms with Gasteiger partial charge in [0.05, 0.1) is 34.6 Å². The summed E-state index contributed by atoms with van der Waals surface area (Å²) in [5, 5.41) is 36.7. The second-order valence-electron chi connectivity index (χ2n) is 6.48. The van der Waals surface area contributed by atoms with Crippen molar-refractivity contribution < 1.29 is 14.6 Å². The molecule has 0 saturated carbocycles. The van der Waals surface area contributed by atoms with Gasteiger partial charge in [0.2, 0.25) is 5.91 Å². The summed E-state index contributed by atoms with van der Waals surface area (Å²) in [4.78, 5) is 32.5. The lowest BCUT2D eigenvalue weighted by molar-refractivity contribution is -0.424. The monoisotopic (exact) mass is 417 g/mol. The number of amides is 1. The Bertz CT molecular complexity index is 1130. The van der Waals surface area contributed by atoms with Crippen molar-refractivity contribution in [3.8, 4) is 0 Å². The molecule has 0 unspecified atom stereocenters. The van der Waals surface area contributed by atoms with Crippen LogP contribution < -0.4 is 5.32 Å². The number of aryl methyl sites for hydroxylation is 1. The maximum Gasteiger partial charge on any atom is 0.468 e. The molecule has 1 amide bonds. The average molecular weight is 417 g/mol. The molecule has 0 bridgehead atoms. The van der Waals surface area contributed by atoms with E-state index >= 15 is 0 Å². The van der Waals surface area contributed by atoms with Crippen molar-refractivity contribution in [3.63, 3.8) is 0 Å². The molecule has 0 aliphatic rings. The van der Waals surface area contributed by atoms with E-state index in [0.29, 0.717) is 12.2 Å². The molecule has 3 heterocycles. The first kappa shape index (κ1) is 20.6. The SMILES string of the molecule is CCn1ncc(Cn2cc(NC(=O)Cn3nc([N+](=O)[O-])c([N+](=O)[O-])c3C)cn2)c1C. The van der Waals surface area contributed by atoms with Crippen molar-refractivity contribution in [1.82, 2.24) is 29.3 Å². The van der Waals surface area contributed by atoms with E-state index in [0.717, 1.165) is 22.5 Å². The lowest BCUT2D eigenvalue weighted by Crippen LogP contribution is -2.20. The quantitative estimate of drug-likeness (QED) is 0.424. The highest BCUT2D eigenvalue weighted by molar-refractivity contribution is 5.90. The Kier molecular flexibility index (Phi) is 5.57. The fourth-order valence-corrected chi connectivity index (χ4v) is 3.00. The highest BCUT2D eigenvalue weighted by Gasteiger charge is 2.35. The lowest BCUT2D eigenvalue weighted by Gasteiger charge is -2.03. The second kappa shape index (κ2) is 8.10. The van der Waals surface area contributed by atoms with E-state index in [1.54, 1.807) is 17.1 Å². The summed E-state index contributed by atoms with van der Waals surface area (Å²) < 4.78 is 4.43. The van der Waals surface area contributed by atoms with Crippen LogP contribution >= 0.6 is 0 Å². The Hall–Kier alpha value is -4.10. The highest BCUT2D eigenvalue weighted by Crippen LogP contribution is 2.29. The fourth-order valence-electron chi connectivity index (χ4n) is 3.00. The highest BCUT2D eigenvalue weighted by atomic mass is 16.6. The zero-order chi connectivity index (χ0) is 22.0. The van der Waals surface area contributed by atoms with Crippen molar-refractivity contribution in [2.75, 3.05) is 5.32 Å². The van der Waals surface area contributed by atoms with Crippen LogP contribution in [0.4, 0.5) is 17.2 Å². The Morgan fingerprint density at radius 2 is 1.83 bits per heavy atom. The zero-order valence-corrected chi connectivity index (χ0v) is 16.5. The summed E-state index contributed by atoms with van der Waals surface area (Å²) in [5.41, 5.74) is 1.61. The minimum Gasteiger partial charge on any atom is -0.358 e. The third kappa shape index (κ3) is 4.01. The molecule has 0 aliphatic carbocycles. The van der Waals surface area contributed by atoms with E-state index in [1.165, 1.54) is 13.1 Å². The predicted octanol–water partition coefficient (Wildman–Crippen LogP) is 1.42. The smallest absolute Gasteiger partial charge is 0.358 e. The molecule has 3 rings (SSSR count). The predicted molar refractivity (Wildman–Crippen MR) is 103 cm³/mol. The number of carbonyl (C=O) groups is 1. The molecule has 0 aromatic carbocycles. The van der Waals surface area contributed by atoms with Gasteiger partial charge in [0, 0.05) is 24.0 Å². The Morgan fingerprint density at radius 3 is 2.40 bits per heavy atom. The molecule has 3 aromatic rings. The minimum absolute atomic E-state index is 0.0824. The Labute approximate surface area is 169 Å². The number of carbonyl (C=O) groups excluding carboxylic acids is 1. The topological polar surface area (TPSA) is 169 Å². The molecule has 0 saturated heterocycles. The summed E-state index contributed by atoms with van der Waals surface area (Å²) in [6.45, 7) is 6.06. The van der Waals surface area contributed by atoms with Gasteiger partial charge < -0.3 is 15.4 Å². The van der Waals surface area contributed by atoms with E-state index < -0.39 is 33.8 Å². The van der Waals surface area contributed by atoms with Crippen LogP contribution in [0.15, 0.2) is 18.6 Å². The molecule has 30 heavy (non-hydrogen) atoms. The van der Waals surface area contributed by atoms with Gasteiger partial charge in [0.15, 0.2) is 0 Å². The Morgan fingerprint density at radius 1 is 1.10 bits per heavy atom. The third-order valence-corrected chi connectivity index (χ3v) is 4.56. The van der Waals surface area contributed by atoms with Gasteiger partial charge in [-0.3, -0.25) is 24.3 Å². The van der Waals surface area contributed by atoms with Gasteiger partial charge in [0.1, 0.15) is 12.2 Å². The van der Waals surface area contributed by atoms with E-state index in [9.17, 15) is 25.0 Å². The third-order valence-electron chi connectivity index (χ3n) is 4.56. The number of hydrogen-bond donors (Lipinski definition) is 1. The Balaban J connectivity index is 1.69. The molecule has 0 aliphatic heterocycles. The molecule has 158 valence electrons. The van der Waals surface area contributed by atoms with Crippen LogP contribution in [0, 0.1) is 34.1 Å². The summed E-state index contributed by atoms with van der Waals surface area (Å²) in [5.74, 6) is -1.46. The van der Waals surface area contributed by atoms with Gasteiger partial charge >= 0.3 is 11.5 Å². The maximum absolute atomic E-state index is 12.3. The standard InChI is InChI=1S/C16H19N9O5/c1-4-22-10(2)12(5-18-22)7-21-8-13(6-17-21)19-14(26)9-23-11(3)15(24(27)28)16(20-23)25(29)30/h5-6,8H,4,7,9H2,1-3H3,(H,19,26). The molecule has 14 nitrogen and oxygen atoms in total. The van der Waals surface area contributed by atoms with Crippen molar-refractivity contribution in [3.05, 3.63) is 55.8 Å². The van der Waals surface area contributed by atoms with Crippen molar-refractivity contribution in [2.24, 2.45) is 0 Å². The number of hydrogen-bond acceptors (Lipinski definition) is 8. The van der Waals surface area contributed by atoms with Crippen LogP contribution in [-0.4, -0.2) is 45.1 Å². The van der Waals surface area contributed by atoms with Gasteiger partial charge in [0.25, 0.3) is 0 Å². The van der Waals surface area contributed by atoms with Crippen LogP contribution in [0.25, 0.3) is 0 Å². The summed E-state index contributed by atoms with van der Waals surface area (Å²) in [6.07, 6.45) is 4.85. The van der Waals surface area contributed by atoms with Gasteiger partial charge in [-0.15, -0.1) is 0 Å². The van der Waals surface area contributed by atoms with Gasteiger partial charge in [-0.25, -0.2) is 0 Å². The average Bonchev–Trinajstić information content (AvgIpc) is 3.35. The molecule has 0 fully saturated rings. The first-order valence-corrected chi connectivity index (χ1v) is 8.91. The molecule has 0 atom stereocenters.